The second-order valence-corrected chi connectivity index (χ2v) is 2.45. The van der Waals surface area contributed by atoms with Crippen LogP contribution in [0.3, 0.4) is 0 Å². The fourth-order valence-electron chi connectivity index (χ4n) is 0.970. The van der Waals surface area contributed by atoms with Crippen LogP contribution in [-0.2, 0) is 9.31 Å². The topological polar surface area (TPSA) is 30.5 Å². The third-order valence-corrected chi connectivity index (χ3v) is 1.52. The third kappa shape index (κ3) is 3.55. The summed E-state index contributed by atoms with van der Waals surface area (Å²) in [6, 6.07) is 0. The van der Waals surface area contributed by atoms with Gasteiger partial charge in [0.2, 0.25) is 0 Å². The number of nitrogens with one attached hydrogen (secondary N) is 1. The monoisotopic (exact) mass is 155 g/mol. The van der Waals surface area contributed by atoms with Crippen LogP contribution >= 0.6 is 0 Å². The lowest BCUT2D eigenvalue weighted by Gasteiger charge is -2.17. The Morgan fingerprint density at radius 2 is 2.00 bits per heavy atom. The van der Waals surface area contributed by atoms with Gasteiger partial charge in [-0.2, -0.15) is 0 Å². The highest BCUT2D eigenvalue weighted by Gasteiger charge is 2.16. The zero-order valence-electron chi connectivity index (χ0n) is 6.71. The largest absolute Gasteiger partial charge is 0.460 e. The minimum Gasteiger partial charge on any atom is -0.410 e. The summed E-state index contributed by atoms with van der Waals surface area (Å²) in [5, 5.41) is 3.17. The van der Waals surface area contributed by atoms with Crippen molar-refractivity contribution in [1.29, 1.82) is 0 Å². The van der Waals surface area contributed by atoms with Gasteiger partial charge in [0.25, 0.3) is 0 Å². The molecule has 1 N–H and O–H groups in total. The molecule has 1 heterocycles. The van der Waals surface area contributed by atoms with E-state index in [1.807, 2.05) is 6.08 Å². The molecule has 62 valence electrons. The van der Waals surface area contributed by atoms with Crippen molar-refractivity contribution in [2.75, 3.05) is 26.3 Å². The molecular weight excluding hydrogens is 141 g/mol. The fourth-order valence-corrected chi connectivity index (χ4v) is 0.970. The smallest absolute Gasteiger partial charge is 0.410 e. The summed E-state index contributed by atoms with van der Waals surface area (Å²) in [5.41, 5.74) is 0. The van der Waals surface area contributed by atoms with Gasteiger partial charge in [0.15, 0.2) is 0 Å². The molecule has 0 radical (unpaired) electrons. The molecule has 0 aromatic heterocycles. The van der Waals surface area contributed by atoms with Crippen molar-refractivity contribution in [3.8, 4) is 0 Å². The van der Waals surface area contributed by atoms with Crippen LogP contribution in [0.15, 0.2) is 12.7 Å². The van der Waals surface area contributed by atoms with Crippen LogP contribution in [-0.4, -0.2) is 33.4 Å². The molecule has 0 aliphatic carbocycles. The zero-order valence-corrected chi connectivity index (χ0v) is 6.71. The quantitative estimate of drug-likeness (QED) is 0.459. The second-order valence-electron chi connectivity index (χ2n) is 2.45. The molecule has 3 nitrogen and oxygen atoms in total. The molecule has 0 unspecified atom stereocenters. The molecule has 0 saturated carbocycles. The summed E-state index contributed by atoms with van der Waals surface area (Å²) in [7, 11) is -0.0744. The van der Waals surface area contributed by atoms with Gasteiger partial charge in [-0.1, -0.05) is 6.08 Å². The van der Waals surface area contributed by atoms with Gasteiger partial charge >= 0.3 is 7.12 Å². The summed E-state index contributed by atoms with van der Waals surface area (Å²) >= 11 is 0. The lowest BCUT2D eigenvalue weighted by molar-refractivity contribution is 0.179. The van der Waals surface area contributed by atoms with Gasteiger partial charge in [-0.3, -0.25) is 0 Å². The number of hydrogen-bond acceptors (Lipinski definition) is 3. The first-order valence-corrected chi connectivity index (χ1v) is 3.98. The van der Waals surface area contributed by atoms with Crippen LogP contribution < -0.4 is 5.32 Å². The van der Waals surface area contributed by atoms with E-state index in [0.717, 1.165) is 32.6 Å². The molecule has 11 heavy (non-hydrogen) atoms. The SMILES string of the molecule is C=CCB1OCCNCCO1. The third-order valence-electron chi connectivity index (χ3n) is 1.52. The highest BCUT2D eigenvalue weighted by Crippen LogP contribution is 1.98. The Hall–Kier alpha value is -0.315. The molecule has 0 aromatic carbocycles. The summed E-state index contributed by atoms with van der Waals surface area (Å²) in [5.74, 6) is 0. The van der Waals surface area contributed by atoms with Crippen molar-refractivity contribution in [2.24, 2.45) is 0 Å². The van der Waals surface area contributed by atoms with Gasteiger partial charge in [0.1, 0.15) is 0 Å². The lowest BCUT2D eigenvalue weighted by Crippen LogP contribution is -2.35. The van der Waals surface area contributed by atoms with E-state index in [1.54, 1.807) is 0 Å². The Labute approximate surface area is 67.9 Å². The zero-order chi connectivity index (χ0) is 7.94. The van der Waals surface area contributed by atoms with Gasteiger partial charge in [-0.15, -0.1) is 6.58 Å². The standard InChI is InChI=1S/C7H14BNO2/c1-2-3-8-10-6-4-9-5-7-11-8/h2,9H,1,3-7H2. The molecule has 1 aliphatic heterocycles. The normalized spacial score (nSPS) is 20.5. The van der Waals surface area contributed by atoms with Gasteiger partial charge in [0.05, 0.1) is 0 Å². The summed E-state index contributed by atoms with van der Waals surface area (Å²) < 4.78 is 10.7. The van der Waals surface area contributed by atoms with E-state index in [2.05, 4.69) is 11.9 Å². The molecule has 1 saturated heterocycles. The lowest BCUT2D eigenvalue weighted by atomic mass is 9.84. The van der Waals surface area contributed by atoms with E-state index < -0.39 is 0 Å². The van der Waals surface area contributed by atoms with Crippen molar-refractivity contribution in [3.05, 3.63) is 12.7 Å². The maximum Gasteiger partial charge on any atom is 0.460 e. The maximum atomic E-state index is 5.37. The van der Waals surface area contributed by atoms with Crippen LogP contribution in [0, 0.1) is 0 Å². The van der Waals surface area contributed by atoms with E-state index in [-0.39, 0.29) is 7.12 Å². The molecule has 4 heteroatoms. The van der Waals surface area contributed by atoms with Crippen molar-refractivity contribution in [2.45, 2.75) is 6.32 Å². The second kappa shape index (κ2) is 5.35. The summed E-state index contributed by atoms with van der Waals surface area (Å²) in [6.07, 6.45) is 2.60. The van der Waals surface area contributed by atoms with Gasteiger partial charge < -0.3 is 14.6 Å². The van der Waals surface area contributed by atoms with E-state index in [9.17, 15) is 0 Å². The highest BCUT2D eigenvalue weighted by atomic mass is 16.6. The van der Waals surface area contributed by atoms with Gasteiger partial charge in [-0.25, -0.2) is 0 Å². The molecule has 1 aliphatic rings. The van der Waals surface area contributed by atoms with E-state index in [1.165, 1.54) is 0 Å². The van der Waals surface area contributed by atoms with Gasteiger partial charge in [0, 0.05) is 26.3 Å². The Morgan fingerprint density at radius 1 is 1.36 bits per heavy atom. The first-order chi connectivity index (χ1) is 5.43. The van der Waals surface area contributed by atoms with E-state index >= 15 is 0 Å². The van der Waals surface area contributed by atoms with Crippen molar-refractivity contribution in [1.82, 2.24) is 5.32 Å². The summed E-state index contributed by atoms with van der Waals surface area (Å²) in [6.45, 7) is 6.90. The van der Waals surface area contributed by atoms with Crippen LogP contribution in [0.4, 0.5) is 0 Å². The maximum absolute atomic E-state index is 5.37. The fraction of sp³-hybridized carbons (Fsp3) is 0.714. The average Bonchev–Trinajstić information content (AvgIpc) is 1.94. The van der Waals surface area contributed by atoms with Crippen molar-refractivity contribution >= 4 is 7.12 Å². The summed E-state index contributed by atoms with van der Waals surface area (Å²) in [4.78, 5) is 0. The van der Waals surface area contributed by atoms with Gasteiger partial charge in [-0.05, 0) is 6.32 Å². The molecule has 0 amide bonds. The Morgan fingerprint density at radius 3 is 2.55 bits per heavy atom. The number of allylic oxidation sites excluding steroid dienone is 1. The Bertz CT molecular complexity index is 113. The Balaban J connectivity index is 2.20. The molecule has 1 rings (SSSR count). The molecule has 0 spiro atoms. The molecular formula is C7H14BNO2. The minimum atomic E-state index is -0.0744. The first kappa shape index (κ1) is 8.78. The Kier molecular flexibility index (Phi) is 4.27. The highest BCUT2D eigenvalue weighted by molar-refractivity contribution is 6.45. The van der Waals surface area contributed by atoms with Crippen LogP contribution in [0.2, 0.25) is 6.32 Å². The molecule has 0 bridgehead atoms. The molecule has 0 atom stereocenters. The number of hydrogen-bond donors (Lipinski definition) is 1. The predicted molar refractivity (Wildman–Crippen MR) is 45.5 cm³/mol. The van der Waals surface area contributed by atoms with Crippen LogP contribution in [0.25, 0.3) is 0 Å². The predicted octanol–water partition coefficient (Wildman–Crippen LogP) is 0.297. The van der Waals surface area contributed by atoms with Crippen molar-refractivity contribution in [3.63, 3.8) is 0 Å². The van der Waals surface area contributed by atoms with E-state index in [4.69, 9.17) is 9.31 Å². The van der Waals surface area contributed by atoms with E-state index in [0.29, 0.717) is 0 Å². The van der Waals surface area contributed by atoms with Crippen LogP contribution in [0.1, 0.15) is 0 Å². The number of rotatable bonds is 2. The van der Waals surface area contributed by atoms with Crippen molar-refractivity contribution < 1.29 is 9.31 Å². The first-order valence-electron chi connectivity index (χ1n) is 3.98. The minimum absolute atomic E-state index is 0.0744. The molecule has 1 fully saturated rings. The molecule has 0 aromatic rings. The average molecular weight is 155 g/mol. The van der Waals surface area contributed by atoms with Crippen LogP contribution in [0.5, 0.6) is 0 Å².